The van der Waals surface area contributed by atoms with Crippen LogP contribution in [0.2, 0.25) is 16.6 Å². The standard InChI is InChI=1S/C28H44N4O3Si/c1-19(2)36(20(3)4,21(5)6)17-14-24-23-13-16-31(10)25(23)30-26(29-24)34-18-22-12-11-15-32(22)27(33)35-28(7,8)9/h13,16,19-22H,11-12,15,18H2,1-10H3/t22-/m1/s1. The van der Waals surface area contributed by atoms with Crippen molar-refractivity contribution in [2.24, 2.45) is 7.05 Å². The van der Waals surface area contributed by atoms with Crippen LogP contribution in [0.5, 0.6) is 6.01 Å². The minimum atomic E-state index is -1.92. The fraction of sp³-hybridized carbons (Fsp3) is 0.679. The molecule has 0 aromatic carbocycles. The van der Waals surface area contributed by atoms with Gasteiger partial charge >= 0.3 is 12.1 Å². The van der Waals surface area contributed by atoms with Crippen LogP contribution in [0, 0.1) is 11.5 Å². The number of nitrogens with zero attached hydrogens (tertiary/aromatic N) is 4. The highest BCUT2D eigenvalue weighted by Gasteiger charge is 2.41. The van der Waals surface area contributed by atoms with Gasteiger partial charge in [0.1, 0.15) is 31.6 Å². The summed E-state index contributed by atoms with van der Waals surface area (Å²) in [7, 11) is 0.0485. The topological polar surface area (TPSA) is 69.5 Å². The lowest BCUT2D eigenvalue weighted by atomic mass is 10.2. The highest BCUT2D eigenvalue weighted by atomic mass is 28.3. The Labute approximate surface area is 218 Å². The van der Waals surface area contributed by atoms with Crippen LogP contribution in [0.15, 0.2) is 12.3 Å². The number of rotatable bonds is 6. The molecule has 0 saturated carbocycles. The van der Waals surface area contributed by atoms with Gasteiger partial charge in [-0.25, -0.2) is 4.79 Å². The first-order valence-electron chi connectivity index (χ1n) is 13.2. The summed E-state index contributed by atoms with van der Waals surface area (Å²) in [6.45, 7) is 20.5. The molecule has 1 aliphatic heterocycles. The van der Waals surface area contributed by atoms with E-state index in [4.69, 9.17) is 14.5 Å². The van der Waals surface area contributed by atoms with Gasteiger partial charge in [0.25, 0.3) is 0 Å². The fourth-order valence-corrected chi connectivity index (χ4v) is 10.8. The Morgan fingerprint density at radius 2 is 1.78 bits per heavy atom. The molecular weight excluding hydrogens is 468 g/mol. The van der Waals surface area contributed by atoms with E-state index >= 15 is 0 Å². The van der Waals surface area contributed by atoms with Crippen LogP contribution in [-0.4, -0.2) is 58.4 Å². The van der Waals surface area contributed by atoms with Crippen molar-refractivity contribution in [2.45, 2.75) is 103 Å². The van der Waals surface area contributed by atoms with Crippen molar-refractivity contribution in [3.63, 3.8) is 0 Å². The molecule has 1 amide bonds. The van der Waals surface area contributed by atoms with Gasteiger partial charge in [0.05, 0.1) is 11.4 Å². The first-order chi connectivity index (χ1) is 16.8. The maximum absolute atomic E-state index is 12.7. The molecule has 1 saturated heterocycles. The average molecular weight is 513 g/mol. The number of amides is 1. The van der Waals surface area contributed by atoms with Crippen molar-refractivity contribution < 1.29 is 14.3 Å². The Morgan fingerprint density at radius 1 is 1.14 bits per heavy atom. The number of aromatic nitrogens is 3. The largest absolute Gasteiger partial charge is 0.461 e. The third-order valence-corrected chi connectivity index (χ3v) is 13.7. The van der Waals surface area contributed by atoms with Gasteiger partial charge in [0.2, 0.25) is 0 Å². The highest BCUT2D eigenvalue weighted by Crippen LogP contribution is 2.41. The molecule has 2 aromatic heterocycles. The zero-order chi connectivity index (χ0) is 26.8. The molecule has 3 rings (SSSR count). The van der Waals surface area contributed by atoms with Crippen molar-refractivity contribution >= 4 is 25.2 Å². The van der Waals surface area contributed by atoms with Crippen LogP contribution in [-0.2, 0) is 11.8 Å². The van der Waals surface area contributed by atoms with E-state index in [1.807, 2.05) is 44.6 Å². The lowest BCUT2D eigenvalue weighted by molar-refractivity contribution is 0.0184. The lowest BCUT2D eigenvalue weighted by Crippen LogP contribution is -2.43. The number of carbonyl (C=O) groups excluding carboxylic acids is 1. The second-order valence-corrected chi connectivity index (χ2v) is 17.5. The maximum atomic E-state index is 12.7. The average Bonchev–Trinajstić information content (AvgIpc) is 3.37. The van der Waals surface area contributed by atoms with Crippen molar-refractivity contribution in [3.8, 4) is 17.5 Å². The summed E-state index contributed by atoms with van der Waals surface area (Å²) in [5.41, 5.74) is 6.37. The van der Waals surface area contributed by atoms with Gasteiger partial charge < -0.3 is 18.9 Å². The molecule has 8 heteroatoms. The van der Waals surface area contributed by atoms with Gasteiger partial charge in [-0.3, -0.25) is 0 Å². The number of hydrogen-bond acceptors (Lipinski definition) is 5. The second-order valence-electron chi connectivity index (χ2n) is 11.9. The summed E-state index contributed by atoms with van der Waals surface area (Å²) in [5.74, 6) is 3.49. The molecule has 2 aromatic rings. The molecule has 3 heterocycles. The lowest BCUT2D eigenvalue weighted by Gasteiger charge is -2.38. The number of hydrogen-bond donors (Lipinski definition) is 0. The number of likely N-dealkylation sites (tertiary alicyclic amines) is 1. The van der Waals surface area contributed by atoms with E-state index in [0.29, 0.717) is 41.5 Å². The summed E-state index contributed by atoms with van der Waals surface area (Å²) in [6.07, 6.45) is 3.47. The third-order valence-electron chi connectivity index (χ3n) is 7.38. The Hall–Kier alpha value is -2.53. The minimum Gasteiger partial charge on any atom is -0.461 e. The van der Waals surface area contributed by atoms with E-state index in [-0.39, 0.29) is 12.1 Å². The van der Waals surface area contributed by atoms with Gasteiger partial charge in [-0.1, -0.05) is 47.5 Å². The van der Waals surface area contributed by atoms with E-state index in [9.17, 15) is 4.79 Å². The van der Waals surface area contributed by atoms with Gasteiger partial charge in [-0.2, -0.15) is 9.97 Å². The van der Waals surface area contributed by atoms with Crippen LogP contribution in [0.1, 0.15) is 80.8 Å². The molecule has 0 aliphatic carbocycles. The minimum absolute atomic E-state index is 0.0648. The quantitative estimate of drug-likeness (QED) is 0.335. The predicted molar refractivity (Wildman–Crippen MR) is 148 cm³/mol. The van der Waals surface area contributed by atoms with Gasteiger partial charge in [0.15, 0.2) is 0 Å². The van der Waals surface area contributed by atoms with Crippen molar-refractivity contribution in [3.05, 3.63) is 18.0 Å². The van der Waals surface area contributed by atoms with Crippen molar-refractivity contribution in [2.75, 3.05) is 13.2 Å². The highest BCUT2D eigenvalue weighted by molar-refractivity contribution is 6.90. The predicted octanol–water partition coefficient (Wildman–Crippen LogP) is 6.32. The molecule has 0 unspecified atom stereocenters. The Bertz CT molecular complexity index is 1120. The third kappa shape index (κ3) is 5.88. The molecular formula is C28H44N4O3Si. The fourth-order valence-electron chi connectivity index (χ4n) is 5.62. The molecule has 0 N–H and O–H groups in total. The molecule has 0 spiro atoms. The molecule has 0 radical (unpaired) electrons. The Balaban J connectivity index is 1.91. The van der Waals surface area contributed by atoms with E-state index < -0.39 is 13.7 Å². The molecule has 1 aliphatic rings. The van der Waals surface area contributed by atoms with E-state index in [1.54, 1.807) is 4.90 Å². The molecule has 36 heavy (non-hydrogen) atoms. The number of carbonyl (C=O) groups is 1. The van der Waals surface area contributed by atoms with Crippen LogP contribution >= 0.6 is 0 Å². The number of ether oxygens (including phenoxy) is 2. The van der Waals surface area contributed by atoms with E-state index in [2.05, 4.69) is 58.0 Å². The molecule has 0 bridgehead atoms. The van der Waals surface area contributed by atoms with Crippen LogP contribution < -0.4 is 4.74 Å². The molecule has 1 atom stereocenters. The van der Waals surface area contributed by atoms with E-state index in [1.165, 1.54) is 0 Å². The second kappa shape index (κ2) is 10.8. The smallest absolute Gasteiger partial charge is 0.410 e. The Morgan fingerprint density at radius 3 is 2.36 bits per heavy atom. The number of aryl methyl sites for hydroxylation is 1. The van der Waals surface area contributed by atoms with Gasteiger partial charge in [-0.15, -0.1) is 5.54 Å². The monoisotopic (exact) mass is 512 g/mol. The summed E-state index contributed by atoms with van der Waals surface area (Å²) < 4.78 is 13.7. The van der Waals surface area contributed by atoms with Crippen molar-refractivity contribution in [1.82, 2.24) is 19.4 Å². The van der Waals surface area contributed by atoms with Crippen LogP contribution in [0.4, 0.5) is 4.79 Å². The summed E-state index contributed by atoms with van der Waals surface area (Å²) >= 11 is 0. The molecule has 7 nitrogen and oxygen atoms in total. The summed E-state index contributed by atoms with van der Waals surface area (Å²) in [4.78, 5) is 23.9. The van der Waals surface area contributed by atoms with E-state index in [0.717, 1.165) is 23.9 Å². The SMILES string of the molecule is CC(C)[Si](C#Cc1nc(OC[C@H]2CCCN2C(=O)OC(C)(C)C)nc2c1ccn2C)(C(C)C)C(C)C. The summed E-state index contributed by atoms with van der Waals surface area (Å²) in [5, 5.41) is 0.938. The van der Waals surface area contributed by atoms with Gasteiger partial charge in [0, 0.05) is 19.8 Å². The molecule has 198 valence electrons. The first kappa shape index (κ1) is 28.0. The molecule has 1 fully saturated rings. The van der Waals surface area contributed by atoms with Crippen LogP contribution in [0.3, 0.4) is 0 Å². The maximum Gasteiger partial charge on any atom is 0.410 e. The first-order valence-corrected chi connectivity index (χ1v) is 15.5. The van der Waals surface area contributed by atoms with Crippen molar-refractivity contribution in [1.29, 1.82) is 0 Å². The Kier molecular flexibility index (Phi) is 8.44. The normalized spacial score (nSPS) is 16.7. The number of fused-ring (bicyclic) bond motifs is 1. The summed E-state index contributed by atoms with van der Waals surface area (Å²) in [6, 6.07) is 2.26. The van der Waals surface area contributed by atoms with Crippen LogP contribution in [0.25, 0.3) is 11.0 Å². The zero-order valence-electron chi connectivity index (χ0n) is 23.8. The van der Waals surface area contributed by atoms with Gasteiger partial charge in [-0.05, 0) is 56.3 Å². The zero-order valence-corrected chi connectivity index (χ0v) is 24.8.